The lowest BCUT2D eigenvalue weighted by Gasteiger charge is -2.48. The van der Waals surface area contributed by atoms with Gasteiger partial charge in [0.05, 0.1) is 18.5 Å². The number of rotatable bonds is 4. The lowest BCUT2D eigenvalue weighted by molar-refractivity contribution is -0.165. The van der Waals surface area contributed by atoms with E-state index in [4.69, 9.17) is 4.74 Å². The number of hydrogen-bond donors (Lipinski definition) is 1. The van der Waals surface area contributed by atoms with E-state index in [9.17, 15) is 9.59 Å². The zero-order chi connectivity index (χ0) is 21.6. The molecule has 1 atom stereocenters. The van der Waals surface area contributed by atoms with Crippen LogP contribution in [-0.4, -0.2) is 52.6 Å². The van der Waals surface area contributed by atoms with Crippen LogP contribution in [0.15, 0.2) is 53.6 Å². The van der Waals surface area contributed by atoms with Gasteiger partial charge in [0.1, 0.15) is 12.3 Å². The molecule has 1 N–H and O–H groups in total. The molecule has 0 aliphatic carbocycles. The summed E-state index contributed by atoms with van der Waals surface area (Å²) in [6.07, 6.45) is 2.31. The number of carbonyl (C=O) groups is 2. The fourth-order valence-electron chi connectivity index (χ4n) is 4.69. The van der Waals surface area contributed by atoms with Crippen molar-refractivity contribution >= 4 is 28.9 Å². The molecule has 158 valence electrons. The summed E-state index contributed by atoms with van der Waals surface area (Å²) >= 11 is 0. The quantitative estimate of drug-likeness (QED) is 0.664. The zero-order valence-electron chi connectivity index (χ0n) is 17.6. The highest BCUT2D eigenvalue weighted by atomic mass is 16.5. The molecule has 2 aliphatic rings. The molecule has 0 spiro atoms. The van der Waals surface area contributed by atoms with Gasteiger partial charge in [0, 0.05) is 23.0 Å². The summed E-state index contributed by atoms with van der Waals surface area (Å²) in [5.41, 5.74) is 2.50. The smallest absolute Gasteiger partial charge is 0.275 e. The number of aromatic nitrogens is 1. The molecule has 0 unspecified atom stereocenters. The molecule has 3 heterocycles. The minimum absolute atomic E-state index is 0.0721. The summed E-state index contributed by atoms with van der Waals surface area (Å²) in [6.45, 7) is 4.70. The van der Waals surface area contributed by atoms with Crippen LogP contribution in [0.1, 0.15) is 30.7 Å². The highest BCUT2D eigenvalue weighted by Gasteiger charge is 2.54. The fourth-order valence-corrected chi connectivity index (χ4v) is 4.69. The number of ether oxygens (including phenoxy) is 1. The van der Waals surface area contributed by atoms with Crippen LogP contribution in [0, 0.1) is 0 Å². The Morgan fingerprint density at radius 2 is 1.94 bits per heavy atom. The third-order valence-electron chi connectivity index (χ3n) is 6.22. The molecule has 2 aromatic carbocycles. The first kappa shape index (κ1) is 19.4. The average molecular weight is 416 g/mol. The number of hydrazone groups is 1. The first-order chi connectivity index (χ1) is 15.0. The average Bonchev–Trinajstić information content (AvgIpc) is 3.17. The topological polar surface area (TPSA) is 78.0 Å². The van der Waals surface area contributed by atoms with Crippen LogP contribution in [0.25, 0.3) is 10.9 Å². The maximum atomic E-state index is 13.7. The molecule has 31 heavy (non-hydrogen) atoms. The number of fused-ring (bicyclic) bond motifs is 5. The van der Waals surface area contributed by atoms with Gasteiger partial charge in [-0.3, -0.25) is 9.59 Å². The highest BCUT2D eigenvalue weighted by molar-refractivity contribution is 6.01. The lowest BCUT2D eigenvalue weighted by atomic mass is 9.83. The van der Waals surface area contributed by atoms with E-state index < -0.39 is 5.54 Å². The maximum absolute atomic E-state index is 13.7. The van der Waals surface area contributed by atoms with Gasteiger partial charge in [-0.05, 0) is 44.0 Å². The van der Waals surface area contributed by atoms with Crippen LogP contribution in [0.3, 0.4) is 0 Å². The summed E-state index contributed by atoms with van der Waals surface area (Å²) in [6, 6.07) is 15.5. The van der Waals surface area contributed by atoms with Gasteiger partial charge < -0.3 is 14.6 Å². The Labute approximate surface area is 180 Å². The van der Waals surface area contributed by atoms with Crippen LogP contribution >= 0.6 is 0 Å². The Bertz CT molecular complexity index is 1210. The van der Waals surface area contributed by atoms with Crippen LogP contribution in [-0.2, 0) is 21.5 Å². The van der Waals surface area contributed by atoms with Gasteiger partial charge in [-0.2, -0.15) is 5.10 Å². The van der Waals surface area contributed by atoms with E-state index in [0.29, 0.717) is 18.9 Å². The Morgan fingerprint density at radius 3 is 2.77 bits per heavy atom. The Balaban J connectivity index is 1.54. The molecule has 1 fully saturated rings. The molecule has 0 radical (unpaired) electrons. The SMILES string of the molecule is CCOc1ccccc1/C=N\N1CC(=O)N2CCc3c([nH]c4ccccc34)[C@]2(C)C1=O. The molecule has 7 heteroatoms. The number of H-pyrrole nitrogens is 1. The van der Waals surface area contributed by atoms with E-state index in [-0.39, 0.29) is 18.4 Å². The van der Waals surface area contributed by atoms with Crippen molar-refractivity contribution in [1.82, 2.24) is 14.9 Å². The molecule has 2 amide bonds. The summed E-state index contributed by atoms with van der Waals surface area (Å²) in [7, 11) is 0. The van der Waals surface area contributed by atoms with Crippen molar-refractivity contribution in [3.05, 3.63) is 65.4 Å². The zero-order valence-corrected chi connectivity index (χ0v) is 17.6. The number of piperazine rings is 1. The number of nitrogens with one attached hydrogen (secondary N) is 1. The maximum Gasteiger partial charge on any atom is 0.275 e. The van der Waals surface area contributed by atoms with Crippen LogP contribution in [0.4, 0.5) is 0 Å². The van der Waals surface area contributed by atoms with Crippen LogP contribution in [0.5, 0.6) is 5.75 Å². The third-order valence-corrected chi connectivity index (χ3v) is 6.22. The predicted octanol–water partition coefficient (Wildman–Crippen LogP) is 3.04. The van der Waals surface area contributed by atoms with Crippen molar-refractivity contribution in [3.8, 4) is 5.75 Å². The van der Waals surface area contributed by atoms with Gasteiger partial charge in [0.25, 0.3) is 5.91 Å². The molecule has 1 aromatic heterocycles. The minimum atomic E-state index is -1.11. The first-order valence-corrected chi connectivity index (χ1v) is 10.5. The van der Waals surface area contributed by atoms with E-state index in [2.05, 4.69) is 16.2 Å². The van der Waals surface area contributed by atoms with Crippen molar-refractivity contribution in [2.24, 2.45) is 5.10 Å². The molecule has 5 rings (SSSR count). The summed E-state index contributed by atoms with van der Waals surface area (Å²) in [5.74, 6) is 0.360. The number of para-hydroxylation sites is 2. The molecular formula is C24H24N4O3. The molecule has 2 aliphatic heterocycles. The van der Waals surface area contributed by atoms with E-state index in [1.165, 1.54) is 5.01 Å². The first-order valence-electron chi connectivity index (χ1n) is 10.5. The summed E-state index contributed by atoms with van der Waals surface area (Å²) in [5, 5.41) is 6.79. The summed E-state index contributed by atoms with van der Waals surface area (Å²) < 4.78 is 5.64. The molecule has 3 aromatic rings. The van der Waals surface area contributed by atoms with Crippen molar-refractivity contribution < 1.29 is 14.3 Å². The number of nitrogens with zero attached hydrogens (tertiary/aromatic N) is 3. The third kappa shape index (κ3) is 2.91. The van der Waals surface area contributed by atoms with Crippen molar-refractivity contribution in [1.29, 1.82) is 0 Å². The fraction of sp³-hybridized carbons (Fsp3) is 0.292. The molecule has 0 bridgehead atoms. The lowest BCUT2D eigenvalue weighted by Crippen LogP contribution is -2.65. The monoisotopic (exact) mass is 416 g/mol. The molecular weight excluding hydrogens is 392 g/mol. The van der Waals surface area contributed by atoms with Gasteiger partial charge >= 0.3 is 0 Å². The Morgan fingerprint density at radius 1 is 1.16 bits per heavy atom. The predicted molar refractivity (Wildman–Crippen MR) is 118 cm³/mol. The number of carbonyl (C=O) groups excluding carboxylic acids is 2. The Hall–Kier alpha value is -3.61. The van der Waals surface area contributed by atoms with Gasteiger partial charge in [-0.15, -0.1) is 0 Å². The van der Waals surface area contributed by atoms with Gasteiger partial charge in [0.15, 0.2) is 5.54 Å². The second kappa shape index (κ2) is 7.27. The van der Waals surface area contributed by atoms with Crippen molar-refractivity contribution in [3.63, 3.8) is 0 Å². The van der Waals surface area contributed by atoms with Gasteiger partial charge in [0.2, 0.25) is 5.91 Å². The number of benzene rings is 2. The Kier molecular flexibility index (Phi) is 4.54. The van der Waals surface area contributed by atoms with E-state index >= 15 is 0 Å². The van der Waals surface area contributed by atoms with E-state index in [1.807, 2.05) is 56.3 Å². The minimum Gasteiger partial charge on any atom is -0.493 e. The number of hydrogen-bond acceptors (Lipinski definition) is 4. The molecule has 7 nitrogen and oxygen atoms in total. The second-order valence-electron chi connectivity index (χ2n) is 7.97. The van der Waals surface area contributed by atoms with Crippen LogP contribution in [0.2, 0.25) is 0 Å². The van der Waals surface area contributed by atoms with Crippen molar-refractivity contribution in [2.75, 3.05) is 19.7 Å². The second-order valence-corrected chi connectivity index (χ2v) is 7.97. The molecule has 0 saturated carbocycles. The van der Waals surface area contributed by atoms with Crippen LogP contribution < -0.4 is 4.74 Å². The normalized spacial score (nSPS) is 21.0. The number of aromatic amines is 1. The standard InChI is InChI=1S/C24H24N4O3/c1-3-31-20-11-7-4-8-16(20)14-25-28-15-21(29)27-13-12-18-17-9-5-6-10-19(17)26-22(18)24(27,2)23(28)30/h4-11,14,26H,3,12-13,15H2,1-2H3/b25-14-/t24-/m1/s1. The highest BCUT2D eigenvalue weighted by Crippen LogP contribution is 2.41. The van der Waals surface area contributed by atoms with E-state index in [1.54, 1.807) is 11.1 Å². The van der Waals surface area contributed by atoms with Gasteiger partial charge in [-0.1, -0.05) is 30.3 Å². The van der Waals surface area contributed by atoms with Gasteiger partial charge in [-0.25, -0.2) is 5.01 Å². The summed E-state index contributed by atoms with van der Waals surface area (Å²) in [4.78, 5) is 31.8. The van der Waals surface area contributed by atoms with Crippen molar-refractivity contribution in [2.45, 2.75) is 25.8 Å². The molecule has 1 saturated heterocycles. The largest absolute Gasteiger partial charge is 0.493 e. The van der Waals surface area contributed by atoms with E-state index in [0.717, 1.165) is 34.1 Å². The number of amides is 2.